The van der Waals surface area contributed by atoms with E-state index in [9.17, 15) is 10.1 Å². The normalized spacial score (nSPS) is 11.5. The highest BCUT2D eigenvalue weighted by molar-refractivity contribution is 5.42. The SMILES string of the molecule is Cc1ccc(CC(C)(C)CN)cc1[N+](=O)[O-]. The molecule has 2 N–H and O–H groups in total. The van der Waals surface area contributed by atoms with Crippen LogP contribution in [-0.2, 0) is 6.42 Å². The minimum absolute atomic E-state index is 0.0247. The molecule has 0 aliphatic rings. The molecule has 0 heterocycles. The van der Waals surface area contributed by atoms with Gasteiger partial charge in [0, 0.05) is 11.6 Å². The number of nitro benzene ring substituents is 1. The average Bonchev–Trinajstić information content (AvgIpc) is 2.20. The van der Waals surface area contributed by atoms with Gasteiger partial charge in [-0.2, -0.15) is 0 Å². The summed E-state index contributed by atoms with van der Waals surface area (Å²) < 4.78 is 0. The van der Waals surface area contributed by atoms with Gasteiger partial charge in [-0.05, 0) is 30.9 Å². The summed E-state index contributed by atoms with van der Waals surface area (Å²) in [7, 11) is 0. The molecule has 0 fully saturated rings. The predicted molar refractivity (Wildman–Crippen MR) is 64.4 cm³/mol. The van der Waals surface area contributed by atoms with Gasteiger partial charge in [0.05, 0.1) is 4.92 Å². The largest absolute Gasteiger partial charge is 0.330 e. The van der Waals surface area contributed by atoms with Crippen molar-refractivity contribution >= 4 is 5.69 Å². The Balaban J connectivity index is 3.00. The van der Waals surface area contributed by atoms with E-state index in [0.29, 0.717) is 12.1 Å². The lowest BCUT2D eigenvalue weighted by molar-refractivity contribution is -0.385. The van der Waals surface area contributed by atoms with Crippen LogP contribution in [0.4, 0.5) is 5.69 Å². The minimum Gasteiger partial charge on any atom is -0.330 e. The van der Waals surface area contributed by atoms with E-state index in [4.69, 9.17) is 5.73 Å². The van der Waals surface area contributed by atoms with Crippen LogP contribution < -0.4 is 5.73 Å². The molecule has 0 aliphatic carbocycles. The Labute approximate surface area is 95.6 Å². The quantitative estimate of drug-likeness (QED) is 0.628. The first-order valence-corrected chi connectivity index (χ1v) is 5.30. The van der Waals surface area contributed by atoms with E-state index in [1.165, 1.54) is 0 Å². The fourth-order valence-corrected chi connectivity index (χ4v) is 1.59. The van der Waals surface area contributed by atoms with E-state index in [1.807, 2.05) is 6.07 Å². The first-order valence-electron chi connectivity index (χ1n) is 5.30. The Bertz CT molecular complexity index is 400. The number of nitrogens with two attached hydrogens (primary N) is 1. The lowest BCUT2D eigenvalue weighted by Gasteiger charge is -2.22. The second kappa shape index (κ2) is 4.61. The van der Waals surface area contributed by atoms with Gasteiger partial charge in [0.2, 0.25) is 0 Å². The Morgan fingerprint density at radius 2 is 2.06 bits per heavy atom. The molecule has 0 saturated heterocycles. The summed E-state index contributed by atoms with van der Waals surface area (Å²) in [5.41, 5.74) is 7.47. The van der Waals surface area contributed by atoms with Crippen LogP contribution in [0.5, 0.6) is 0 Å². The lowest BCUT2D eigenvalue weighted by atomic mass is 9.85. The van der Waals surface area contributed by atoms with Gasteiger partial charge in [-0.25, -0.2) is 0 Å². The highest BCUT2D eigenvalue weighted by atomic mass is 16.6. The zero-order valence-electron chi connectivity index (χ0n) is 9.99. The summed E-state index contributed by atoms with van der Waals surface area (Å²) in [4.78, 5) is 10.5. The summed E-state index contributed by atoms with van der Waals surface area (Å²) in [5.74, 6) is 0. The van der Waals surface area contributed by atoms with E-state index >= 15 is 0 Å². The molecule has 88 valence electrons. The smallest absolute Gasteiger partial charge is 0.272 e. The van der Waals surface area contributed by atoms with E-state index in [0.717, 1.165) is 12.0 Å². The van der Waals surface area contributed by atoms with Crippen molar-refractivity contribution in [2.45, 2.75) is 27.2 Å². The van der Waals surface area contributed by atoms with Crippen molar-refractivity contribution in [3.05, 3.63) is 39.4 Å². The maximum absolute atomic E-state index is 10.8. The van der Waals surface area contributed by atoms with Crippen LogP contribution in [0.2, 0.25) is 0 Å². The molecule has 1 aromatic rings. The van der Waals surface area contributed by atoms with Crippen molar-refractivity contribution in [1.82, 2.24) is 0 Å². The van der Waals surface area contributed by atoms with E-state index in [1.54, 1.807) is 19.1 Å². The van der Waals surface area contributed by atoms with Gasteiger partial charge in [0.1, 0.15) is 0 Å². The van der Waals surface area contributed by atoms with Crippen molar-refractivity contribution in [2.24, 2.45) is 11.1 Å². The monoisotopic (exact) mass is 222 g/mol. The van der Waals surface area contributed by atoms with Gasteiger partial charge in [-0.15, -0.1) is 0 Å². The van der Waals surface area contributed by atoms with Crippen molar-refractivity contribution in [3.63, 3.8) is 0 Å². The molecule has 0 saturated carbocycles. The molecule has 4 heteroatoms. The molecule has 4 nitrogen and oxygen atoms in total. The minimum atomic E-state index is -0.339. The zero-order valence-corrected chi connectivity index (χ0v) is 9.99. The van der Waals surface area contributed by atoms with Gasteiger partial charge in [-0.3, -0.25) is 10.1 Å². The van der Waals surface area contributed by atoms with Gasteiger partial charge in [-0.1, -0.05) is 26.0 Å². The number of aryl methyl sites for hydroxylation is 1. The summed E-state index contributed by atoms with van der Waals surface area (Å²) in [6.45, 7) is 6.42. The number of nitro groups is 1. The van der Waals surface area contributed by atoms with Crippen molar-refractivity contribution < 1.29 is 4.92 Å². The maximum atomic E-state index is 10.8. The maximum Gasteiger partial charge on any atom is 0.272 e. The van der Waals surface area contributed by atoms with E-state index in [-0.39, 0.29) is 16.0 Å². The topological polar surface area (TPSA) is 69.2 Å². The van der Waals surface area contributed by atoms with Crippen LogP contribution in [0, 0.1) is 22.5 Å². The molecule has 16 heavy (non-hydrogen) atoms. The van der Waals surface area contributed by atoms with Crippen LogP contribution in [0.15, 0.2) is 18.2 Å². The molecular formula is C12H18N2O2. The number of hydrogen-bond acceptors (Lipinski definition) is 3. The molecule has 0 amide bonds. The molecular weight excluding hydrogens is 204 g/mol. The third-order valence-corrected chi connectivity index (χ3v) is 2.71. The number of rotatable bonds is 4. The van der Waals surface area contributed by atoms with Gasteiger partial charge >= 0.3 is 0 Å². The van der Waals surface area contributed by atoms with Crippen LogP contribution in [0.25, 0.3) is 0 Å². The van der Waals surface area contributed by atoms with Crippen LogP contribution >= 0.6 is 0 Å². The summed E-state index contributed by atoms with van der Waals surface area (Å²) >= 11 is 0. The second-order valence-electron chi connectivity index (χ2n) is 4.92. The van der Waals surface area contributed by atoms with Crippen LogP contribution in [0.3, 0.4) is 0 Å². The second-order valence-corrected chi connectivity index (χ2v) is 4.92. The van der Waals surface area contributed by atoms with Crippen LogP contribution in [0.1, 0.15) is 25.0 Å². The Hall–Kier alpha value is -1.42. The van der Waals surface area contributed by atoms with Gasteiger partial charge in [0.15, 0.2) is 0 Å². The highest BCUT2D eigenvalue weighted by Crippen LogP contribution is 2.25. The number of nitrogens with zero attached hydrogens (tertiary/aromatic N) is 1. The molecule has 0 aromatic heterocycles. The van der Waals surface area contributed by atoms with E-state index in [2.05, 4.69) is 13.8 Å². The Morgan fingerprint density at radius 3 is 2.56 bits per heavy atom. The third-order valence-electron chi connectivity index (χ3n) is 2.71. The molecule has 0 aliphatic heterocycles. The number of hydrogen-bond donors (Lipinski definition) is 1. The van der Waals surface area contributed by atoms with Crippen molar-refractivity contribution in [1.29, 1.82) is 0 Å². The number of benzene rings is 1. The molecule has 0 bridgehead atoms. The van der Waals surface area contributed by atoms with Crippen LogP contribution in [-0.4, -0.2) is 11.5 Å². The molecule has 0 unspecified atom stereocenters. The molecule has 0 radical (unpaired) electrons. The Morgan fingerprint density at radius 1 is 1.44 bits per heavy atom. The summed E-state index contributed by atoms with van der Waals surface area (Å²) in [6.07, 6.45) is 0.755. The van der Waals surface area contributed by atoms with Crippen molar-refractivity contribution in [3.8, 4) is 0 Å². The van der Waals surface area contributed by atoms with E-state index < -0.39 is 0 Å². The van der Waals surface area contributed by atoms with Gasteiger partial charge in [0.25, 0.3) is 5.69 Å². The average molecular weight is 222 g/mol. The zero-order chi connectivity index (χ0) is 12.3. The van der Waals surface area contributed by atoms with Crippen molar-refractivity contribution in [2.75, 3.05) is 6.54 Å². The first-order chi connectivity index (χ1) is 7.35. The fraction of sp³-hybridized carbons (Fsp3) is 0.500. The predicted octanol–water partition coefficient (Wildman–Crippen LogP) is 2.43. The standard InChI is InChI=1S/C12H18N2O2/c1-9-4-5-10(6-11(9)14(15)16)7-12(2,3)8-13/h4-6H,7-8,13H2,1-3H3. The molecule has 1 rings (SSSR count). The highest BCUT2D eigenvalue weighted by Gasteiger charge is 2.18. The molecule has 0 atom stereocenters. The first kappa shape index (κ1) is 12.6. The fourth-order valence-electron chi connectivity index (χ4n) is 1.59. The summed E-state index contributed by atoms with van der Waals surface area (Å²) in [5, 5.41) is 10.8. The Kier molecular flexibility index (Phi) is 3.65. The lowest BCUT2D eigenvalue weighted by Crippen LogP contribution is -2.25. The molecule has 0 spiro atoms. The van der Waals surface area contributed by atoms with Gasteiger partial charge < -0.3 is 5.73 Å². The molecule has 1 aromatic carbocycles. The third kappa shape index (κ3) is 3.03. The summed E-state index contributed by atoms with van der Waals surface area (Å²) in [6, 6.07) is 5.37.